The Bertz CT molecular complexity index is 371. The molecule has 0 fully saturated rings. The molecule has 0 spiro atoms. The lowest BCUT2D eigenvalue weighted by molar-refractivity contribution is -0.386. The summed E-state index contributed by atoms with van der Waals surface area (Å²) in [5, 5.41) is 22.0. The predicted molar refractivity (Wildman–Crippen MR) is 55.4 cm³/mol. The molecule has 8 heteroatoms. The van der Waals surface area contributed by atoms with Crippen LogP contribution in [0.4, 0.5) is 11.6 Å². The van der Waals surface area contributed by atoms with Crippen molar-refractivity contribution in [3.63, 3.8) is 0 Å². The minimum atomic E-state index is -0.636. The van der Waals surface area contributed by atoms with E-state index in [4.69, 9.17) is 9.84 Å². The van der Waals surface area contributed by atoms with E-state index in [0.717, 1.165) is 6.20 Å². The third kappa shape index (κ3) is 3.02. The highest BCUT2D eigenvalue weighted by Crippen LogP contribution is 2.24. The largest absolute Gasteiger partial charge is 0.470 e. The molecule has 88 valence electrons. The molecule has 1 aromatic heterocycles. The van der Waals surface area contributed by atoms with Crippen molar-refractivity contribution in [1.82, 2.24) is 9.97 Å². The van der Waals surface area contributed by atoms with Crippen LogP contribution in [0.2, 0.25) is 0 Å². The summed E-state index contributed by atoms with van der Waals surface area (Å²) in [6.45, 7) is 2.15. The van der Waals surface area contributed by atoms with Crippen molar-refractivity contribution < 1.29 is 14.8 Å². The zero-order valence-corrected chi connectivity index (χ0v) is 8.71. The summed E-state index contributed by atoms with van der Waals surface area (Å²) < 4.78 is 4.95. The number of ether oxygens (including phenoxy) is 1. The smallest absolute Gasteiger partial charge is 0.349 e. The van der Waals surface area contributed by atoms with Gasteiger partial charge in [0.2, 0.25) is 5.95 Å². The first-order valence-corrected chi connectivity index (χ1v) is 4.68. The fourth-order valence-electron chi connectivity index (χ4n) is 0.977. The van der Waals surface area contributed by atoms with Gasteiger partial charge in [0.05, 0.1) is 11.5 Å². The van der Waals surface area contributed by atoms with Crippen LogP contribution in [0.1, 0.15) is 6.92 Å². The van der Waals surface area contributed by atoms with Crippen molar-refractivity contribution >= 4 is 11.6 Å². The first-order valence-electron chi connectivity index (χ1n) is 4.68. The highest BCUT2D eigenvalue weighted by Gasteiger charge is 2.18. The lowest BCUT2D eigenvalue weighted by Gasteiger charge is -2.05. The molecule has 0 saturated carbocycles. The fraction of sp³-hybridized carbons (Fsp3) is 0.500. The van der Waals surface area contributed by atoms with Gasteiger partial charge in [-0.1, -0.05) is 0 Å². The monoisotopic (exact) mass is 228 g/mol. The summed E-state index contributed by atoms with van der Waals surface area (Å²) in [6.07, 6.45) is 1.07. The number of aliphatic hydroxyl groups is 1. The number of aromatic nitrogens is 2. The SMILES string of the molecule is CCNc1ncc([N+](=O)[O-])c(OCCO)n1. The molecule has 8 nitrogen and oxygen atoms in total. The number of hydrogen-bond donors (Lipinski definition) is 2. The molecule has 0 aliphatic rings. The second kappa shape index (κ2) is 5.81. The van der Waals surface area contributed by atoms with Crippen molar-refractivity contribution in [2.45, 2.75) is 6.92 Å². The molecule has 1 heterocycles. The summed E-state index contributed by atoms with van der Waals surface area (Å²) in [5.41, 5.74) is -0.324. The van der Waals surface area contributed by atoms with Crippen LogP contribution in [0.15, 0.2) is 6.20 Å². The van der Waals surface area contributed by atoms with Crippen molar-refractivity contribution in [3.05, 3.63) is 16.3 Å². The van der Waals surface area contributed by atoms with Crippen molar-refractivity contribution in [2.75, 3.05) is 25.1 Å². The van der Waals surface area contributed by atoms with E-state index in [0.29, 0.717) is 6.54 Å². The molecule has 0 radical (unpaired) electrons. The average Bonchev–Trinajstić information content (AvgIpc) is 2.26. The normalized spacial score (nSPS) is 9.88. The van der Waals surface area contributed by atoms with Crippen LogP contribution in [0, 0.1) is 10.1 Å². The third-order valence-electron chi connectivity index (χ3n) is 1.60. The van der Waals surface area contributed by atoms with Gasteiger partial charge in [-0.2, -0.15) is 4.98 Å². The van der Waals surface area contributed by atoms with Gasteiger partial charge >= 0.3 is 5.69 Å². The van der Waals surface area contributed by atoms with Crippen molar-refractivity contribution in [1.29, 1.82) is 0 Å². The van der Waals surface area contributed by atoms with Gasteiger partial charge < -0.3 is 15.2 Å². The number of nitrogens with zero attached hydrogens (tertiary/aromatic N) is 3. The second-order valence-corrected chi connectivity index (χ2v) is 2.74. The predicted octanol–water partition coefficient (Wildman–Crippen LogP) is 0.188. The summed E-state index contributed by atoms with van der Waals surface area (Å²) in [6, 6.07) is 0. The molecule has 0 amide bonds. The van der Waals surface area contributed by atoms with E-state index in [-0.39, 0.29) is 30.7 Å². The van der Waals surface area contributed by atoms with Gasteiger partial charge in [-0.15, -0.1) is 0 Å². The van der Waals surface area contributed by atoms with E-state index in [1.165, 1.54) is 0 Å². The highest BCUT2D eigenvalue weighted by atomic mass is 16.6. The summed E-state index contributed by atoms with van der Waals surface area (Å²) in [4.78, 5) is 17.6. The van der Waals surface area contributed by atoms with Crippen LogP contribution in [0.25, 0.3) is 0 Å². The lowest BCUT2D eigenvalue weighted by Crippen LogP contribution is -2.09. The van der Waals surface area contributed by atoms with E-state index < -0.39 is 4.92 Å². The number of hydrogen-bond acceptors (Lipinski definition) is 7. The maximum Gasteiger partial charge on any atom is 0.349 e. The zero-order chi connectivity index (χ0) is 12.0. The van der Waals surface area contributed by atoms with Crippen LogP contribution in [-0.4, -0.2) is 39.8 Å². The summed E-state index contributed by atoms with van der Waals surface area (Å²) in [7, 11) is 0. The molecule has 1 aromatic rings. The van der Waals surface area contributed by atoms with E-state index in [9.17, 15) is 10.1 Å². The van der Waals surface area contributed by atoms with Crippen molar-refractivity contribution in [3.8, 4) is 5.88 Å². The summed E-state index contributed by atoms with van der Waals surface area (Å²) >= 11 is 0. The van der Waals surface area contributed by atoms with Gasteiger partial charge in [-0.3, -0.25) is 10.1 Å². The first kappa shape index (κ1) is 12.1. The Morgan fingerprint density at radius 3 is 3.00 bits per heavy atom. The standard InChI is InChI=1S/C8H12N4O4/c1-2-9-8-10-5-6(12(14)15)7(11-8)16-4-3-13/h5,13H,2-4H2,1H3,(H,9,10,11). The molecule has 0 saturated heterocycles. The third-order valence-corrected chi connectivity index (χ3v) is 1.60. The number of rotatable bonds is 6. The molecule has 16 heavy (non-hydrogen) atoms. The molecule has 0 bridgehead atoms. The van der Waals surface area contributed by atoms with Crippen LogP contribution in [0.3, 0.4) is 0 Å². The molecule has 0 atom stereocenters. The van der Waals surface area contributed by atoms with Gasteiger partial charge in [0.25, 0.3) is 5.88 Å². The topological polar surface area (TPSA) is 110 Å². The van der Waals surface area contributed by atoms with Gasteiger partial charge in [0, 0.05) is 6.54 Å². The van der Waals surface area contributed by atoms with Gasteiger partial charge in [-0.25, -0.2) is 4.98 Å². The molecule has 1 rings (SSSR count). The molecule has 2 N–H and O–H groups in total. The Kier molecular flexibility index (Phi) is 4.40. The van der Waals surface area contributed by atoms with Gasteiger partial charge in [0.15, 0.2) is 0 Å². The fourth-order valence-corrected chi connectivity index (χ4v) is 0.977. The number of anilines is 1. The number of nitro groups is 1. The molecule has 0 unspecified atom stereocenters. The van der Waals surface area contributed by atoms with Crippen LogP contribution >= 0.6 is 0 Å². The van der Waals surface area contributed by atoms with E-state index in [1.54, 1.807) is 0 Å². The Morgan fingerprint density at radius 1 is 1.69 bits per heavy atom. The van der Waals surface area contributed by atoms with Crippen LogP contribution in [0.5, 0.6) is 5.88 Å². The molecule has 0 aromatic carbocycles. The Hall–Kier alpha value is -1.96. The maximum atomic E-state index is 10.6. The molecule has 0 aliphatic carbocycles. The number of aliphatic hydroxyl groups excluding tert-OH is 1. The lowest BCUT2D eigenvalue weighted by atomic mass is 10.5. The second-order valence-electron chi connectivity index (χ2n) is 2.74. The number of nitrogens with one attached hydrogen (secondary N) is 1. The average molecular weight is 228 g/mol. The Morgan fingerprint density at radius 2 is 2.44 bits per heavy atom. The Labute approximate surface area is 91.4 Å². The van der Waals surface area contributed by atoms with E-state index in [2.05, 4.69) is 15.3 Å². The highest BCUT2D eigenvalue weighted by molar-refractivity contribution is 5.43. The van der Waals surface area contributed by atoms with E-state index >= 15 is 0 Å². The quantitative estimate of drug-likeness (QED) is 0.528. The van der Waals surface area contributed by atoms with Gasteiger partial charge in [-0.05, 0) is 6.92 Å². The van der Waals surface area contributed by atoms with Crippen LogP contribution < -0.4 is 10.1 Å². The molecular weight excluding hydrogens is 216 g/mol. The van der Waals surface area contributed by atoms with Crippen LogP contribution in [-0.2, 0) is 0 Å². The van der Waals surface area contributed by atoms with Crippen molar-refractivity contribution in [2.24, 2.45) is 0 Å². The van der Waals surface area contributed by atoms with E-state index in [1.807, 2.05) is 6.92 Å². The Balaban J connectivity index is 2.95. The minimum Gasteiger partial charge on any atom is -0.470 e. The minimum absolute atomic E-state index is 0.0522. The zero-order valence-electron chi connectivity index (χ0n) is 8.71. The maximum absolute atomic E-state index is 10.6. The first-order chi connectivity index (χ1) is 7.69. The summed E-state index contributed by atoms with van der Waals surface area (Å²) in [5.74, 6) is 0.103. The van der Waals surface area contributed by atoms with Gasteiger partial charge in [0.1, 0.15) is 12.8 Å². The molecule has 0 aliphatic heterocycles. The molecular formula is C8H12N4O4.